The van der Waals surface area contributed by atoms with E-state index in [4.69, 9.17) is 18.5 Å². The third-order valence-electron chi connectivity index (χ3n) is 19.0. The highest BCUT2D eigenvalue weighted by atomic mass is 31.2. The van der Waals surface area contributed by atoms with Crippen molar-refractivity contribution in [2.75, 3.05) is 47.5 Å². The number of likely N-dealkylation sites (N-methyl/N-ethyl adjacent to an activating group) is 1. The van der Waals surface area contributed by atoms with Gasteiger partial charge in [0.05, 0.1) is 27.7 Å². The van der Waals surface area contributed by atoms with Gasteiger partial charge in [-0.05, 0) is 64.2 Å². The Balaban J connectivity index is 3.89. The maximum atomic E-state index is 12.9. The Morgan fingerprint density at radius 1 is 0.326 bits per heavy atom. The van der Waals surface area contributed by atoms with Gasteiger partial charge in [-0.25, -0.2) is 4.57 Å². The first kappa shape index (κ1) is 90.5. The van der Waals surface area contributed by atoms with E-state index < -0.39 is 26.5 Å². The summed E-state index contributed by atoms with van der Waals surface area (Å²) in [5.74, 6) is -0.768. The number of phosphoric acid groups is 1. The number of unbranched alkanes of at least 4 members (excludes halogenated alkanes) is 60. The monoisotopic (exact) mass is 1320 g/mol. The molecule has 92 heavy (non-hydrogen) atoms. The van der Waals surface area contributed by atoms with Gasteiger partial charge in [0.25, 0.3) is 0 Å². The average Bonchev–Trinajstić information content (AvgIpc) is 2.14. The molecule has 9 nitrogen and oxygen atoms in total. The van der Waals surface area contributed by atoms with Crippen LogP contribution in [0.3, 0.4) is 0 Å². The molecule has 0 saturated heterocycles. The summed E-state index contributed by atoms with van der Waals surface area (Å²) in [6.45, 7) is 4.52. The number of rotatable bonds is 78. The summed E-state index contributed by atoms with van der Waals surface area (Å²) in [6, 6.07) is 0. The largest absolute Gasteiger partial charge is 0.472 e. The molecule has 0 fully saturated rings. The van der Waals surface area contributed by atoms with E-state index in [9.17, 15) is 19.0 Å². The summed E-state index contributed by atoms with van der Waals surface area (Å²) in [4.78, 5) is 36.0. The molecule has 2 unspecified atom stereocenters. The summed E-state index contributed by atoms with van der Waals surface area (Å²) in [5, 5.41) is 0. The second kappa shape index (κ2) is 73.7. The van der Waals surface area contributed by atoms with Gasteiger partial charge < -0.3 is 18.9 Å². The molecule has 0 aliphatic heterocycles. The maximum Gasteiger partial charge on any atom is 0.472 e. The number of phosphoric ester groups is 1. The topological polar surface area (TPSA) is 108 Å². The first-order chi connectivity index (χ1) is 45.0. The van der Waals surface area contributed by atoms with Crippen molar-refractivity contribution in [1.29, 1.82) is 0 Å². The van der Waals surface area contributed by atoms with E-state index in [2.05, 4.69) is 38.2 Å². The predicted octanol–water partition coefficient (Wildman–Crippen LogP) is 27.2. The molecular formula is C82H161NO8P+. The SMILES string of the molecule is CCCCCCCCCC/C=C\CCCCCCCCCCCCCCCCCCCCCCCCCC(=O)OC(COC(=O)CCCCCCCCCCCCCCCCCCCCCCC/C=C\CCCCCCCCCC)COP(=O)(O)OCC[N+](C)(C)C. The molecule has 0 aliphatic rings. The van der Waals surface area contributed by atoms with Crippen LogP contribution in [0.5, 0.6) is 0 Å². The van der Waals surface area contributed by atoms with Crippen molar-refractivity contribution in [1.82, 2.24) is 0 Å². The molecule has 546 valence electrons. The Morgan fingerprint density at radius 3 is 0.804 bits per heavy atom. The van der Waals surface area contributed by atoms with Crippen molar-refractivity contribution in [3.8, 4) is 0 Å². The average molecular weight is 1320 g/mol. The molecule has 0 radical (unpaired) electrons. The Bertz CT molecular complexity index is 1600. The molecule has 10 heteroatoms. The van der Waals surface area contributed by atoms with Crippen LogP contribution in [-0.2, 0) is 32.7 Å². The zero-order valence-corrected chi connectivity index (χ0v) is 63.5. The van der Waals surface area contributed by atoms with Crippen molar-refractivity contribution in [3.05, 3.63) is 24.3 Å². The van der Waals surface area contributed by atoms with Crippen molar-refractivity contribution in [3.63, 3.8) is 0 Å². The van der Waals surface area contributed by atoms with Gasteiger partial charge >= 0.3 is 19.8 Å². The van der Waals surface area contributed by atoms with Crippen LogP contribution in [0.15, 0.2) is 24.3 Å². The fourth-order valence-corrected chi connectivity index (χ4v) is 13.4. The van der Waals surface area contributed by atoms with E-state index in [0.717, 1.165) is 38.5 Å². The van der Waals surface area contributed by atoms with Crippen LogP contribution in [0.4, 0.5) is 0 Å². The minimum atomic E-state index is -4.39. The molecule has 1 N–H and O–H groups in total. The smallest absolute Gasteiger partial charge is 0.462 e. The van der Waals surface area contributed by atoms with Gasteiger partial charge in [-0.3, -0.25) is 18.6 Å². The van der Waals surface area contributed by atoms with Crippen molar-refractivity contribution >= 4 is 19.8 Å². The number of carbonyl (C=O) groups excluding carboxylic acids is 2. The van der Waals surface area contributed by atoms with Crippen LogP contribution < -0.4 is 0 Å². The predicted molar refractivity (Wildman–Crippen MR) is 400 cm³/mol. The fourth-order valence-electron chi connectivity index (χ4n) is 12.7. The molecule has 0 spiro atoms. The molecule has 0 heterocycles. The molecule has 0 saturated carbocycles. The molecule has 0 amide bonds. The number of nitrogens with zero attached hydrogens (tertiary/aromatic N) is 1. The fraction of sp³-hybridized carbons (Fsp3) is 0.927. The van der Waals surface area contributed by atoms with E-state index in [1.54, 1.807) is 0 Å². The van der Waals surface area contributed by atoms with Gasteiger partial charge in [0.15, 0.2) is 6.10 Å². The molecule has 0 aromatic heterocycles. The lowest BCUT2D eigenvalue weighted by Crippen LogP contribution is -2.37. The van der Waals surface area contributed by atoms with Crippen molar-refractivity contribution < 1.29 is 42.1 Å². The molecule has 0 bridgehead atoms. The van der Waals surface area contributed by atoms with Crippen LogP contribution in [0.2, 0.25) is 0 Å². The summed E-state index contributed by atoms with van der Waals surface area (Å²) in [6.07, 6.45) is 94.9. The second-order valence-corrected chi connectivity index (χ2v) is 31.0. The van der Waals surface area contributed by atoms with E-state index in [0.29, 0.717) is 17.4 Å². The maximum absolute atomic E-state index is 12.9. The summed E-state index contributed by atoms with van der Waals surface area (Å²) < 4.78 is 34.9. The number of esters is 2. The Morgan fingerprint density at radius 2 is 0.554 bits per heavy atom. The highest BCUT2D eigenvalue weighted by molar-refractivity contribution is 7.47. The third kappa shape index (κ3) is 77.5. The van der Waals surface area contributed by atoms with Crippen molar-refractivity contribution in [2.45, 2.75) is 444 Å². The lowest BCUT2D eigenvalue weighted by molar-refractivity contribution is -0.870. The number of ether oxygens (including phenoxy) is 2. The number of carbonyl (C=O) groups is 2. The van der Waals surface area contributed by atoms with Crippen LogP contribution >= 0.6 is 7.82 Å². The van der Waals surface area contributed by atoms with Gasteiger partial charge in [-0.2, -0.15) is 0 Å². The summed E-state index contributed by atoms with van der Waals surface area (Å²) in [7, 11) is 1.51. The lowest BCUT2D eigenvalue weighted by atomic mass is 10.0. The van der Waals surface area contributed by atoms with E-state index in [-0.39, 0.29) is 25.6 Å². The molecule has 0 aromatic rings. The van der Waals surface area contributed by atoms with Crippen molar-refractivity contribution in [2.24, 2.45) is 0 Å². The van der Waals surface area contributed by atoms with Crippen LogP contribution in [0, 0.1) is 0 Å². The molecule has 0 aliphatic carbocycles. The summed E-state index contributed by atoms with van der Waals surface area (Å²) in [5.41, 5.74) is 0. The van der Waals surface area contributed by atoms with Gasteiger partial charge in [0.1, 0.15) is 19.8 Å². The van der Waals surface area contributed by atoms with Gasteiger partial charge in [-0.15, -0.1) is 0 Å². The molecule has 2 atom stereocenters. The first-order valence-corrected chi connectivity index (χ1v) is 42.6. The van der Waals surface area contributed by atoms with Crippen LogP contribution in [0.1, 0.15) is 438 Å². The first-order valence-electron chi connectivity index (χ1n) is 41.1. The normalized spacial score (nSPS) is 13.1. The Labute approximate surface area is 574 Å². The second-order valence-electron chi connectivity index (χ2n) is 29.5. The molecular weight excluding hydrogens is 1160 g/mol. The minimum absolute atomic E-state index is 0.0362. The van der Waals surface area contributed by atoms with E-state index in [1.807, 2.05) is 21.1 Å². The zero-order valence-electron chi connectivity index (χ0n) is 62.6. The van der Waals surface area contributed by atoms with Crippen LogP contribution in [0.25, 0.3) is 0 Å². The van der Waals surface area contributed by atoms with Gasteiger partial charge in [0.2, 0.25) is 0 Å². The molecule has 0 rings (SSSR count). The Hall–Kier alpha value is -1.51. The van der Waals surface area contributed by atoms with Crippen LogP contribution in [-0.4, -0.2) is 74.9 Å². The van der Waals surface area contributed by atoms with Gasteiger partial charge in [-0.1, -0.05) is 385 Å². The standard InChI is InChI=1S/C82H160NO8P/c1-6-8-10-12-14-16-18-20-22-24-26-28-30-32-34-36-38-40-41-43-45-47-49-51-53-55-57-59-61-63-65-67-69-71-73-75-82(85)91-80(79-90-92(86,87)89-77-76-83(3,4)5)78-88-81(84)74-72-70-68-66-64-62-60-58-56-54-52-50-48-46-44-42-39-37-35-33-31-29-27-25-23-21-19-17-15-13-11-9-7-2/h24-27,80H,6-23,28-79H2,1-5H3/p+1/b26-24-,27-25-. The highest BCUT2D eigenvalue weighted by Crippen LogP contribution is 2.43. The third-order valence-corrected chi connectivity index (χ3v) is 19.9. The zero-order chi connectivity index (χ0) is 66.9. The minimum Gasteiger partial charge on any atom is -0.462 e. The Kier molecular flexibility index (Phi) is 72.5. The van der Waals surface area contributed by atoms with E-state index >= 15 is 0 Å². The molecule has 0 aromatic carbocycles. The lowest BCUT2D eigenvalue weighted by Gasteiger charge is -2.24. The quantitative estimate of drug-likeness (QED) is 0.0211. The summed E-state index contributed by atoms with van der Waals surface area (Å²) >= 11 is 0. The highest BCUT2D eigenvalue weighted by Gasteiger charge is 2.27. The number of allylic oxidation sites excluding steroid dienone is 4. The number of hydrogen-bond donors (Lipinski definition) is 1. The van der Waals surface area contributed by atoms with Gasteiger partial charge in [0, 0.05) is 12.8 Å². The number of hydrogen-bond acceptors (Lipinski definition) is 7. The number of quaternary nitrogens is 1. The van der Waals surface area contributed by atoms with E-state index in [1.165, 1.54) is 372 Å².